The highest BCUT2D eigenvalue weighted by molar-refractivity contribution is 4.96. The Morgan fingerprint density at radius 3 is 1.17 bits per heavy atom. The molecule has 4 aliphatic rings. The normalized spacial score (nSPS) is 56.9. The van der Waals surface area contributed by atoms with Crippen molar-refractivity contribution < 1.29 is 84.2 Å². The number of rotatable bonds is 6. The van der Waals surface area contributed by atoms with Crippen molar-refractivity contribution in [1.29, 1.82) is 0 Å². The van der Waals surface area contributed by atoms with Crippen molar-refractivity contribution in [3.63, 3.8) is 0 Å². The van der Waals surface area contributed by atoms with E-state index in [9.17, 15) is 51.1 Å². The maximum Gasteiger partial charge on any atom is 0.187 e. The molecule has 4 fully saturated rings. The van der Waals surface area contributed by atoms with Gasteiger partial charge in [0, 0.05) is 0 Å². The van der Waals surface area contributed by atoms with Crippen molar-refractivity contribution in [2.75, 3.05) is 0 Å². The molecule has 0 unspecified atom stereocenters. The molecule has 0 aliphatic carbocycles. The molecule has 0 saturated carbocycles. The zero-order valence-electron chi connectivity index (χ0n) is 22.9. The number of aliphatic hydroxyl groups excluding tert-OH is 10. The second kappa shape index (κ2) is 13.1. The molecule has 0 spiro atoms. The van der Waals surface area contributed by atoms with E-state index in [2.05, 4.69) is 0 Å². The van der Waals surface area contributed by atoms with Gasteiger partial charge in [-0.25, -0.2) is 0 Å². The van der Waals surface area contributed by atoms with Crippen molar-refractivity contribution >= 4 is 0 Å². The van der Waals surface area contributed by atoms with Crippen LogP contribution in [0.3, 0.4) is 0 Å². The Hall–Kier alpha value is -0.680. The van der Waals surface area contributed by atoms with Crippen LogP contribution in [0.15, 0.2) is 0 Å². The van der Waals surface area contributed by atoms with Crippen LogP contribution in [-0.2, 0) is 33.2 Å². The van der Waals surface area contributed by atoms with E-state index in [0.717, 1.165) is 0 Å². The molecular weight excluding hydrogens is 560 g/mol. The zero-order chi connectivity index (χ0) is 30.5. The van der Waals surface area contributed by atoms with Crippen LogP contribution in [0.4, 0.5) is 0 Å². The largest absolute Gasteiger partial charge is 0.388 e. The first-order valence-corrected chi connectivity index (χ1v) is 13.5. The summed E-state index contributed by atoms with van der Waals surface area (Å²) in [6, 6.07) is 0. The van der Waals surface area contributed by atoms with E-state index in [4.69, 9.17) is 33.2 Å². The molecule has 10 N–H and O–H groups in total. The predicted molar refractivity (Wildman–Crippen MR) is 128 cm³/mol. The topological polar surface area (TPSA) is 267 Å². The molecule has 17 heteroatoms. The van der Waals surface area contributed by atoms with Gasteiger partial charge in [0.25, 0.3) is 0 Å². The molecule has 0 bridgehead atoms. The van der Waals surface area contributed by atoms with E-state index >= 15 is 0 Å². The van der Waals surface area contributed by atoms with Crippen LogP contribution >= 0.6 is 0 Å². The van der Waals surface area contributed by atoms with Gasteiger partial charge in [-0.1, -0.05) is 0 Å². The van der Waals surface area contributed by atoms with Crippen LogP contribution in [0.25, 0.3) is 0 Å². The minimum atomic E-state index is -1.80. The molecule has 17 nitrogen and oxygen atoms in total. The van der Waals surface area contributed by atoms with Gasteiger partial charge in [-0.15, -0.1) is 0 Å². The third-order valence-corrected chi connectivity index (χ3v) is 8.05. The highest BCUT2D eigenvalue weighted by Crippen LogP contribution is 2.34. The summed E-state index contributed by atoms with van der Waals surface area (Å²) in [5.74, 6) is 0. The number of ether oxygens (including phenoxy) is 7. The summed E-state index contributed by atoms with van der Waals surface area (Å²) in [6.07, 6.45) is -29.6. The monoisotopic (exact) mass is 602 g/mol. The first-order chi connectivity index (χ1) is 19.1. The van der Waals surface area contributed by atoms with E-state index in [-0.39, 0.29) is 0 Å². The molecule has 4 aliphatic heterocycles. The molecule has 0 aromatic carbocycles. The van der Waals surface area contributed by atoms with Gasteiger partial charge in [0.05, 0.1) is 24.4 Å². The Balaban J connectivity index is 1.52. The van der Waals surface area contributed by atoms with Gasteiger partial charge in [-0.3, -0.25) is 0 Å². The standard InChI is InChI=1S/C24H42O17/c1-5-9(25)13(29)15(31)22(36-5)39-18-11(27)8(4)38-24(17(18)33)40-19-12(28)7(3)35-21(34)20(19)41-23-16(32)14(30)10(26)6(2)37-23/h5-34H,1-4H3/t5-,6-,7-,8-,9+,10+,11+,12+,13+,14+,15-,16-,17-,18+,19+,20-,21+,22-,23-,24-/m0/s1. The summed E-state index contributed by atoms with van der Waals surface area (Å²) in [7, 11) is 0. The van der Waals surface area contributed by atoms with Crippen molar-refractivity contribution in [3.8, 4) is 0 Å². The fourth-order valence-electron chi connectivity index (χ4n) is 5.29. The van der Waals surface area contributed by atoms with Gasteiger partial charge in [-0.05, 0) is 27.7 Å². The molecule has 0 aromatic rings. The average molecular weight is 603 g/mol. The minimum Gasteiger partial charge on any atom is -0.388 e. The van der Waals surface area contributed by atoms with Gasteiger partial charge in [-0.2, -0.15) is 0 Å². The lowest BCUT2D eigenvalue weighted by Crippen LogP contribution is -2.66. The summed E-state index contributed by atoms with van der Waals surface area (Å²) in [5, 5.41) is 104. The molecule has 240 valence electrons. The fourth-order valence-corrected chi connectivity index (χ4v) is 5.29. The lowest BCUT2D eigenvalue weighted by Gasteiger charge is -2.49. The molecule has 4 rings (SSSR count). The van der Waals surface area contributed by atoms with Gasteiger partial charge in [0.2, 0.25) is 0 Å². The Bertz CT molecular complexity index is 853. The first-order valence-electron chi connectivity index (χ1n) is 13.5. The lowest BCUT2D eigenvalue weighted by molar-refractivity contribution is -0.391. The SMILES string of the molecule is C[C@@H]1O[C@@H](O[C@H]2[C@H](O)[C@H](O[C@@H]3[C@H](O)[C@H](C)O[C@@H](O)[C@H]3O[C@@H]3O[C@@H](C)[C@@H](O)[C@@H](O)[C@@H]3O)O[C@@H](C)[C@H]2O)[C@@H](O)[C@H](O)[C@@H]1O. The third-order valence-electron chi connectivity index (χ3n) is 8.05. The van der Waals surface area contributed by atoms with Crippen LogP contribution in [0.1, 0.15) is 27.7 Å². The third kappa shape index (κ3) is 6.57. The molecule has 4 heterocycles. The van der Waals surface area contributed by atoms with Crippen LogP contribution in [0.5, 0.6) is 0 Å². The molecule has 20 atom stereocenters. The van der Waals surface area contributed by atoms with E-state index in [0.29, 0.717) is 0 Å². The maximum atomic E-state index is 11.1. The van der Waals surface area contributed by atoms with E-state index in [1.165, 1.54) is 27.7 Å². The highest BCUT2D eigenvalue weighted by Gasteiger charge is 2.54. The number of aliphatic hydroxyl groups is 10. The summed E-state index contributed by atoms with van der Waals surface area (Å²) in [5.41, 5.74) is 0. The van der Waals surface area contributed by atoms with E-state index < -0.39 is 123 Å². The zero-order valence-corrected chi connectivity index (χ0v) is 22.9. The molecule has 4 saturated heterocycles. The quantitative estimate of drug-likeness (QED) is 0.136. The highest BCUT2D eigenvalue weighted by atomic mass is 16.8. The van der Waals surface area contributed by atoms with Crippen molar-refractivity contribution in [1.82, 2.24) is 0 Å². The molecule has 0 amide bonds. The average Bonchev–Trinajstić information content (AvgIpc) is 2.92. The van der Waals surface area contributed by atoms with Crippen molar-refractivity contribution in [3.05, 3.63) is 0 Å². The summed E-state index contributed by atoms with van der Waals surface area (Å²) in [6.45, 7) is 5.69. The van der Waals surface area contributed by atoms with Crippen LogP contribution in [0, 0.1) is 0 Å². The van der Waals surface area contributed by atoms with Gasteiger partial charge in [0.1, 0.15) is 73.2 Å². The predicted octanol–water partition coefficient (Wildman–Crippen LogP) is -5.64. The minimum absolute atomic E-state index is 0.963. The Kier molecular flexibility index (Phi) is 10.6. The fraction of sp³-hybridized carbons (Fsp3) is 1.00. The Morgan fingerprint density at radius 2 is 0.683 bits per heavy atom. The molecule has 41 heavy (non-hydrogen) atoms. The lowest BCUT2D eigenvalue weighted by atomic mass is 9.96. The smallest absolute Gasteiger partial charge is 0.187 e. The van der Waals surface area contributed by atoms with Crippen molar-refractivity contribution in [2.24, 2.45) is 0 Å². The number of hydrogen-bond acceptors (Lipinski definition) is 17. The summed E-state index contributed by atoms with van der Waals surface area (Å²) < 4.78 is 38.9. The van der Waals surface area contributed by atoms with E-state index in [1.54, 1.807) is 0 Å². The molecule has 0 radical (unpaired) electrons. The Labute approximate surface area is 235 Å². The molecule has 0 aromatic heterocycles. The van der Waals surface area contributed by atoms with Crippen LogP contribution < -0.4 is 0 Å². The second-order valence-corrected chi connectivity index (χ2v) is 11.1. The maximum absolute atomic E-state index is 11.1. The van der Waals surface area contributed by atoms with Gasteiger partial charge in [0.15, 0.2) is 25.2 Å². The van der Waals surface area contributed by atoms with Crippen LogP contribution in [0.2, 0.25) is 0 Å². The van der Waals surface area contributed by atoms with Crippen LogP contribution in [-0.4, -0.2) is 174 Å². The Morgan fingerprint density at radius 1 is 0.341 bits per heavy atom. The first kappa shape index (κ1) is 33.2. The van der Waals surface area contributed by atoms with Gasteiger partial charge < -0.3 is 84.2 Å². The van der Waals surface area contributed by atoms with Crippen molar-refractivity contribution in [2.45, 2.75) is 151 Å². The molecular formula is C24H42O17. The second-order valence-electron chi connectivity index (χ2n) is 11.1. The van der Waals surface area contributed by atoms with E-state index in [1.807, 2.05) is 0 Å². The van der Waals surface area contributed by atoms with Gasteiger partial charge >= 0.3 is 0 Å². The number of hydrogen-bond donors (Lipinski definition) is 10. The summed E-state index contributed by atoms with van der Waals surface area (Å²) in [4.78, 5) is 0. The summed E-state index contributed by atoms with van der Waals surface area (Å²) >= 11 is 0.